The minimum Gasteiger partial charge on any atom is -0.340 e. The third-order valence-electron chi connectivity index (χ3n) is 4.57. The Morgan fingerprint density at radius 3 is 2.30 bits per heavy atom. The highest BCUT2D eigenvalue weighted by molar-refractivity contribution is 5.77. The van der Waals surface area contributed by atoms with Crippen LogP contribution in [0.1, 0.15) is 29.5 Å². The average Bonchev–Trinajstić information content (AvgIpc) is 2.98. The van der Waals surface area contributed by atoms with Crippen molar-refractivity contribution in [3.8, 4) is 0 Å². The molecule has 1 aliphatic heterocycles. The number of hydrogen-bond donors (Lipinski definition) is 2. The van der Waals surface area contributed by atoms with E-state index in [1.165, 1.54) is 5.56 Å². The molecular formula is C19H23N3O. The number of carbonyl (C=O) groups is 1. The maximum Gasteiger partial charge on any atom is 0.224 e. The van der Waals surface area contributed by atoms with Crippen LogP contribution in [0.2, 0.25) is 0 Å². The number of likely N-dealkylation sites (tertiary alicyclic amines) is 1. The smallest absolute Gasteiger partial charge is 0.224 e. The van der Waals surface area contributed by atoms with Gasteiger partial charge < -0.3 is 16.4 Å². The quantitative estimate of drug-likeness (QED) is 0.907. The fourth-order valence-corrected chi connectivity index (χ4v) is 3.22. The summed E-state index contributed by atoms with van der Waals surface area (Å²) in [6.07, 6.45) is 0.318. The average molecular weight is 309 g/mol. The van der Waals surface area contributed by atoms with Crippen molar-refractivity contribution in [2.45, 2.75) is 24.4 Å². The van der Waals surface area contributed by atoms with Crippen molar-refractivity contribution in [2.24, 2.45) is 11.5 Å². The Hall–Kier alpha value is -2.17. The van der Waals surface area contributed by atoms with Gasteiger partial charge in [-0.05, 0) is 11.1 Å². The second kappa shape index (κ2) is 6.94. The molecule has 0 aromatic heterocycles. The first-order valence-corrected chi connectivity index (χ1v) is 8.04. The van der Waals surface area contributed by atoms with Crippen LogP contribution in [-0.2, 0) is 4.79 Å². The number of amides is 1. The fraction of sp³-hybridized carbons (Fsp3) is 0.316. The molecule has 0 saturated carbocycles. The van der Waals surface area contributed by atoms with Crippen molar-refractivity contribution < 1.29 is 4.79 Å². The summed E-state index contributed by atoms with van der Waals surface area (Å²) in [5.41, 5.74) is 14.6. The van der Waals surface area contributed by atoms with E-state index in [1.807, 2.05) is 53.4 Å². The van der Waals surface area contributed by atoms with E-state index < -0.39 is 0 Å². The number of nitrogens with zero attached hydrogens (tertiary/aromatic N) is 1. The summed E-state index contributed by atoms with van der Waals surface area (Å²) in [6, 6.07) is 19.6. The molecule has 0 bridgehead atoms. The molecule has 0 radical (unpaired) electrons. The summed E-state index contributed by atoms with van der Waals surface area (Å²) in [4.78, 5) is 14.4. The van der Waals surface area contributed by atoms with Crippen molar-refractivity contribution in [2.75, 3.05) is 13.1 Å². The minimum atomic E-state index is -0.268. The Balaban J connectivity index is 1.63. The van der Waals surface area contributed by atoms with Gasteiger partial charge in [-0.15, -0.1) is 0 Å². The van der Waals surface area contributed by atoms with Crippen LogP contribution < -0.4 is 11.5 Å². The zero-order valence-corrected chi connectivity index (χ0v) is 13.1. The molecule has 120 valence electrons. The summed E-state index contributed by atoms with van der Waals surface area (Å²) < 4.78 is 0. The molecule has 1 amide bonds. The maximum absolute atomic E-state index is 12.5. The molecule has 1 fully saturated rings. The molecule has 2 aromatic carbocycles. The van der Waals surface area contributed by atoms with Gasteiger partial charge in [0.1, 0.15) is 0 Å². The summed E-state index contributed by atoms with van der Waals surface area (Å²) in [7, 11) is 0. The van der Waals surface area contributed by atoms with Gasteiger partial charge in [0.2, 0.25) is 5.91 Å². The molecule has 1 saturated heterocycles. The second-order valence-electron chi connectivity index (χ2n) is 6.20. The standard InChI is InChI=1S/C19H23N3O/c20-17(15-9-5-2-6-10-15)11-19(23)22-12-16(18(21)13-22)14-7-3-1-4-8-14/h1-10,16-18H,11-13,20-21H2/t16-,17?,18+/m0/s1. The van der Waals surface area contributed by atoms with E-state index in [9.17, 15) is 4.79 Å². The molecular weight excluding hydrogens is 286 g/mol. The third kappa shape index (κ3) is 3.60. The fourth-order valence-electron chi connectivity index (χ4n) is 3.22. The molecule has 4 heteroatoms. The van der Waals surface area contributed by atoms with Crippen LogP contribution in [0.3, 0.4) is 0 Å². The molecule has 0 aliphatic carbocycles. The highest BCUT2D eigenvalue weighted by atomic mass is 16.2. The van der Waals surface area contributed by atoms with Gasteiger partial charge in [-0.2, -0.15) is 0 Å². The Labute approximate surface area is 137 Å². The summed E-state index contributed by atoms with van der Waals surface area (Å²) in [5, 5.41) is 0. The van der Waals surface area contributed by atoms with Gasteiger partial charge in [0.25, 0.3) is 0 Å². The van der Waals surface area contributed by atoms with E-state index in [4.69, 9.17) is 11.5 Å². The van der Waals surface area contributed by atoms with Gasteiger partial charge >= 0.3 is 0 Å². The molecule has 23 heavy (non-hydrogen) atoms. The van der Waals surface area contributed by atoms with Gasteiger partial charge in [0, 0.05) is 37.5 Å². The van der Waals surface area contributed by atoms with E-state index in [1.54, 1.807) is 0 Å². The first-order valence-electron chi connectivity index (χ1n) is 8.04. The van der Waals surface area contributed by atoms with Crippen LogP contribution in [-0.4, -0.2) is 29.9 Å². The lowest BCUT2D eigenvalue weighted by molar-refractivity contribution is -0.130. The van der Waals surface area contributed by atoms with Gasteiger partial charge in [0.05, 0.1) is 0 Å². The predicted molar refractivity (Wildman–Crippen MR) is 91.7 cm³/mol. The van der Waals surface area contributed by atoms with Crippen LogP contribution in [0.25, 0.3) is 0 Å². The van der Waals surface area contributed by atoms with Gasteiger partial charge in [-0.25, -0.2) is 0 Å². The van der Waals surface area contributed by atoms with Crippen LogP contribution >= 0.6 is 0 Å². The van der Waals surface area contributed by atoms with Crippen LogP contribution in [0, 0.1) is 0 Å². The van der Waals surface area contributed by atoms with Gasteiger partial charge in [0.15, 0.2) is 0 Å². The molecule has 3 rings (SSSR count). The van der Waals surface area contributed by atoms with Crippen molar-refractivity contribution in [1.29, 1.82) is 0 Å². The minimum absolute atomic E-state index is 0.0192. The van der Waals surface area contributed by atoms with Gasteiger partial charge in [-0.3, -0.25) is 4.79 Å². The number of carbonyl (C=O) groups excluding carboxylic acids is 1. The lowest BCUT2D eigenvalue weighted by Crippen LogP contribution is -2.33. The highest BCUT2D eigenvalue weighted by Gasteiger charge is 2.34. The highest BCUT2D eigenvalue weighted by Crippen LogP contribution is 2.27. The molecule has 1 unspecified atom stereocenters. The molecule has 4 N–H and O–H groups in total. The number of benzene rings is 2. The number of nitrogens with two attached hydrogens (primary N) is 2. The first-order chi connectivity index (χ1) is 11.1. The van der Waals surface area contributed by atoms with E-state index in [0.29, 0.717) is 19.5 Å². The van der Waals surface area contributed by atoms with Crippen molar-refractivity contribution in [1.82, 2.24) is 4.90 Å². The normalized spacial score (nSPS) is 22.1. The lowest BCUT2D eigenvalue weighted by Gasteiger charge is -2.19. The molecule has 4 nitrogen and oxygen atoms in total. The molecule has 0 spiro atoms. The summed E-state index contributed by atoms with van der Waals surface area (Å²) >= 11 is 0. The Morgan fingerprint density at radius 2 is 1.65 bits per heavy atom. The van der Waals surface area contributed by atoms with Crippen molar-refractivity contribution in [3.05, 3.63) is 71.8 Å². The Morgan fingerprint density at radius 1 is 1.04 bits per heavy atom. The van der Waals surface area contributed by atoms with Crippen molar-refractivity contribution in [3.63, 3.8) is 0 Å². The van der Waals surface area contributed by atoms with E-state index >= 15 is 0 Å². The third-order valence-corrected chi connectivity index (χ3v) is 4.57. The molecule has 1 heterocycles. The summed E-state index contributed by atoms with van der Waals surface area (Å²) in [5.74, 6) is 0.281. The molecule has 1 aliphatic rings. The predicted octanol–water partition coefficient (Wildman–Crippen LogP) is 2.03. The molecule has 3 atom stereocenters. The second-order valence-corrected chi connectivity index (χ2v) is 6.20. The maximum atomic E-state index is 12.5. The number of hydrogen-bond acceptors (Lipinski definition) is 3. The van der Waals surface area contributed by atoms with Crippen LogP contribution in [0.15, 0.2) is 60.7 Å². The van der Waals surface area contributed by atoms with Crippen molar-refractivity contribution >= 4 is 5.91 Å². The van der Waals surface area contributed by atoms with Crippen LogP contribution in [0.4, 0.5) is 0 Å². The SMILES string of the molecule is NC(CC(=O)N1C[C@@H](N)[C@H](c2ccccc2)C1)c1ccccc1. The van der Waals surface area contributed by atoms with E-state index in [2.05, 4.69) is 12.1 Å². The largest absolute Gasteiger partial charge is 0.340 e. The lowest BCUT2D eigenvalue weighted by atomic mass is 9.95. The topological polar surface area (TPSA) is 72.4 Å². The Bertz CT molecular complexity index is 644. The molecule has 2 aromatic rings. The Kier molecular flexibility index (Phi) is 4.74. The first kappa shape index (κ1) is 15.7. The number of rotatable bonds is 4. The van der Waals surface area contributed by atoms with Gasteiger partial charge in [-0.1, -0.05) is 60.7 Å². The zero-order valence-electron chi connectivity index (χ0n) is 13.1. The summed E-state index contributed by atoms with van der Waals surface area (Å²) in [6.45, 7) is 1.27. The van der Waals surface area contributed by atoms with E-state index in [-0.39, 0.29) is 23.9 Å². The van der Waals surface area contributed by atoms with Crippen LogP contribution in [0.5, 0.6) is 0 Å². The zero-order chi connectivity index (χ0) is 16.2. The monoisotopic (exact) mass is 309 g/mol. The van der Waals surface area contributed by atoms with E-state index in [0.717, 1.165) is 5.56 Å².